The number of nitrogens with zero attached hydrogens (tertiary/aromatic N) is 1. The molecular weight excluding hydrogens is 365 g/mol. The predicted molar refractivity (Wildman–Crippen MR) is 95.6 cm³/mol. The van der Waals surface area contributed by atoms with Crippen molar-refractivity contribution in [1.82, 2.24) is 0 Å². The Hall–Kier alpha value is -2.24. The number of carbonyl (C=O) groups excluding carboxylic acids is 2. The van der Waals surface area contributed by atoms with Gasteiger partial charge < -0.3 is 14.4 Å². The SMILES string of the molecule is COc1ccc(Cl)cc1N1C[C@H](C(=O)Oc2ccccc2Cl)CC1=O. The van der Waals surface area contributed by atoms with Crippen molar-refractivity contribution >= 4 is 40.8 Å². The molecule has 0 radical (unpaired) electrons. The van der Waals surface area contributed by atoms with Crippen molar-refractivity contribution in [3.63, 3.8) is 0 Å². The predicted octanol–water partition coefficient (Wildman–Crippen LogP) is 3.96. The molecule has 0 N–H and O–H groups in total. The van der Waals surface area contributed by atoms with Crippen LogP contribution in [0.5, 0.6) is 11.5 Å². The van der Waals surface area contributed by atoms with Gasteiger partial charge in [0.15, 0.2) is 0 Å². The largest absolute Gasteiger partial charge is 0.495 e. The van der Waals surface area contributed by atoms with E-state index in [1.807, 2.05) is 0 Å². The van der Waals surface area contributed by atoms with Gasteiger partial charge in [-0.15, -0.1) is 0 Å². The molecule has 0 bridgehead atoms. The van der Waals surface area contributed by atoms with E-state index in [4.69, 9.17) is 32.7 Å². The zero-order valence-electron chi connectivity index (χ0n) is 13.4. The highest BCUT2D eigenvalue weighted by Crippen LogP contribution is 2.35. The quantitative estimate of drug-likeness (QED) is 0.595. The fourth-order valence-corrected chi connectivity index (χ4v) is 3.03. The molecule has 0 unspecified atom stereocenters. The molecule has 5 nitrogen and oxygen atoms in total. The average Bonchev–Trinajstić information content (AvgIpc) is 2.98. The van der Waals surface area contributed by atoms with Gasteiger partial charge in [-0.25, -0.2) is 0 Å². The summed E-state index contributed by atoms with van der Waals surface area (Å²) in [5.41, 5.74) is 0.535. The molecule has 1 aliphatic rings. The molecule has 2 aromatic rings. The van der Waals surface area contributed by atoms with E-state index in [2.05, 4.69) is 0 Å². The molecule has 1 heterocycles. The van der Waals surface area contributed by atoms with Gasteiger partial charge in [0.2, 0.25) is 5.91 Å². The molecule has 0 saturated carbocycles. The molecule has 0 aliphatic carbocycles. The molecule has 3 rings (SSSR count). The van der Waals surface area contributed by atoms with Crippen LogP contribution in [-0.4, -0.2) is 25.5 Å². The van der Waals surface area contributed by atoms with Gasteiger partial charge >= 0.3 is 5.97 Å². The maximum atomic E-state index is 12.4. The number of amides is 1. The number of ether oxygens (including phenoxy) is 2. The van der Waals surface area contributed by atoms with Crippen LogP contribution in [-0.2, 0) is 9.59 Å². The number of halogens is 2. The van der Waals surface area contributed by atoms with E-state index in [1.165, 1.54) is 12.0 Å². The highest BCUT2D eigenvalue weighted by molar-refractivity contribution is 6.32. The van der Waals surface area contributed by atoms with Crippen LogP contribution in [0.15, 0.2) is 42.5 Å². The summed E-state index contributed by atoms with van der Waals surface area (Å²) in [5.74, 6) is -0.489. The van der Waals surface area contributed by atoms with Crippen LogP contribution in [0.3, 0.4) is 0 Å². The second kappa shape index (κ2) is 7.33. The molecule has 1 saturated heterocycles. The Labute approximate surface area is 155 Å². The van der Waals surface area contributed by atoms with Crippen molar-refractivity contribution < 1.29 is 19.1 Å². The molecule has 1 fully saturated rings. The number of benzene rings is 2. The van der Waals surface area contributed by atoms with Gasteiger partial charge in [0.05, 0.1) is 23.7 Å². The van der Waals surface area contributed by atoms with Gasteiger partial charge in [-0.3, -0.25) is 9.59 Å². The standard InChI is InChI=1S/C18H15Cl2NO4/c1-24-16-7-6-12(19)9-14(16)21-10-11(8-17(21)22)18(23)25-15-5-3-2-4-13(15)20/h2-7,9,11H,8,10H2,1H3/t11-/m1/s1. The first kappa shape index (κ1) is 17.6. The van der Waals surface area contributed by atoms with Crippen LogP contribution < -0.4 is 14.4 Å². The molecule has 7 heteroatoms. The first-order valence-corrected chi connectivity index (χ1v) is 8.35. The molecular formula is C18H15Cl2NO4. The number of hydrogen-bond acceptors (Lipinski definition) is 4. The Morgan fingerprint density at radius 1 is 1.16 bits per heavy atom. The Kier molecular flexibility index (Phi) is 5.16. The molecule has 2 aromatic carbocycles. The van der Waals surface area contributed by atoms with Crippen LogP contribution in [0.2, 0.25) is 10.0 Å². The Morgan fingerprint density at radius 2 is 1.92 bits per heavy atom. The second-order valence-corrected chi connectivity index (χ2v) is 6.42. The van der Waals surface area contributed by atoms with Crippen molar-refractivity contribution in [2.75, 3.05) is 18.6 Å². The minimum Gasteiger partial charge on any atom is -0.495 e. The summed E-state index contributed by atoms with van der Waals surface area (Å²) in [7, 11) is 1.51. The van der Waals surface area contributed by atoms with Crippen molar-refractivity contribution in [3.8, 4) is 11.5 Å². The Balaban J connectivity index is 1.78. The third-order valence-corrected chi connectivity index (χ3v) is 4.48. The maximum Gasteiger partial charge on any atom is 0.316 e. The van der Waals surface area contributed by atoms with Gasteiger partial charge in [-0.1, -0.05) is 35.3 Å². The fraction of sp³-hybridized carbons (Fsp3) is 0.222. The zero-order valence-corrected chi connectivity index (χ0v) is 14.9. The monoisotopic (exact) mass is 379 g/mol. The summed E-state index contributed by atoms with van der Waals surface area (Å²) in [6, 6.07) is 11.7. The Morgan fingerprint density at radius 3 is 2.64 bits per heavy atom. The van der Waals surface area contributed by atoms with E-state index < -0.39 is 11.9 Å². The van der Waals surface area contributed by atoms with Crippen LogP contribution in [0.25, 0.3) is 0 Å². The topological polar surface area (TPSA) is 55.8 Å². The second-order valence-electron chi connectivity index (χ2n) is 5.57. The fourth-order valence-electron chi connectivity index (χ4n) is 2.69. The molecule has 0 spiro atoms. The van der Waals surface area contributed by atoms with E-state index in [-0.39, 0.29) is 24.6 Å². The normalized spacial score (nSPS) is 16.8. The third-order valence-electron chi connectivity index (χ3n) is 3.94. The molecule has 130 valence electrons. The van der Waals surface area contributed by atoms with Gasteiger partial charge in [0.25, 0.3) is 0 Å². The molecule has 1 amide bonds. The van der Waals surface area contributed by atoms with E-state index in [9.17, 15) is 9.59 Å². The summed E-state index contributed by atoms with van der Waals surface area (Å²) in [6.45, 7) is 0.193. The lowest BCUT2D eigenvalue weighted by molar-refractivity contribution is -0.139. The highest BCUT2D eigenvalue weighted by atomic mass is 35.5. The van der Waals surface area contributed by atoms with E-state index in [0.717, 1.165) is 0 Å². The lowest BCUT2D eigenvalue weighted by atomic mass is 10.1. The highest BCUT2D eigenvalue weighted by Gasteiger charge is 2.37. The lowest BCUT2D eigenvalue weighted by Gasteiger charge is -2.19. The van der Waals surface area contributed by atoms with Crippen molar-refractivity contribution in [2.24, 2.45) is 5.92 Å². The number of para-hydroxylation sites is 1. The van der Waals surface area contributed by atoms with Crippen LogP contribution in [0.1, 0.15) is 6.42 Å². The number of methoxy groups -OCH3 is 1. The van der Waals surface area contributed by atoms with Gasteiger partial charge in [0.1, 0.15) is 11.5 Å². The summed E-state index contributed by atoms with van der Waals surface area (Å²) in [6.07, 6.45) is 0.0545. The number of anilines is 1. The summed E-state index contributed by atoms with van der Waals surface area (Å²) in [4.78, 5) is 26.3. The van der Waals surface area contributed by atoms with Gasteiger partial charge in [0, 0.05) is 18.0 Å². The van der Waals surface area contributed by atoms with Crippen LogP contribution >= 0.6 is 23.2 Å². The Bertz CT molecular complexity index is 824. The molecule has 1 atom stereocenters. The number of hydrogen-bond donors (Lipinski definition) is 0. The van der Waals surface area contributed by atoms with Gasteiger partial charge in [-0.05, 0) is 30.3 Å². The van der Waals surface area contributed by atoms with Crippen molar-refractivity contribution in [1.29, 1.82) is 0 Å². The number of esters is 1. The first-order chi connectivity index (χ1) is 12.0. The first-order valence-electron chi connectivity index (χ1n) is 7.59. The number of rotatable bonds is 4. The van der Waals surface area contributed by atoms with Crippen molar-refractivity contribution in [2.45, 2.75) is 6.42 Å². The van der Waals surface area contributed by atoms with E-state index >= 15 is 0 Å². The van der Waals surface area contributed by atoms with Crippen LogP contribution in [0, 0.1) is 5.92 Å². The summed E-state index contributed by atoms with van der Waals surface area (Å²) in [5, 5.41) is 0.819. The van der Waals surface area contributed by atoms with E-state index in [0.29, 0.717) is 21.5 Å². The van der Waals surface area contributed by atoms with Gasteiger partial charge in [-0.2, -0.15) is 0 Å². The average molecular weight is 380 g/mol. The minimum absolute atomic E-state index is 0.0545. The summed E-state index contributed by atoms with van der Waals surface area (Å²) >= 11 is 12.0. The van der Waals surface area contributed by atoms with E-state index in [1.54, 1.807) is 42.5 Å². The minimum atomic E-state index is -0.590. The summed E-state index contributed by atoms with van der Waals surface area (Å²) < 4.78 is 10.6. The molecule has 25 heavy (non-hydrogen) atoms. The maximum absolute atomic E-state index is 12.4. The zero-order chi connectivity index (χ0) is 18.0. The van der Waals surface area contributed by atoms with Crippen molar-refractivity contribution in [3.05, 3.63) is 52.5 Å². The smallest absolute Gasteiger partial charge is 0.316 e. The lowest BCUT2D eigenvalue weighted by Crippen LogP contribution is -2.27. The third kappa shape index (κ3) is 3.72. The molecule has 1 aliphatic heterocycles. The van der Waals surface area contributed by atoms with Crippen LogP contribution in [0.4, 0.5) is 5.69 Å². The number of carbonyl (C=O) groups is 2. The molecule has 0 aromatic heterocycles.